The highest BCUT2D eigenvalue weighted by atomic mass is 79.9. The summed E-state index contributed by atoms with van der Waals surface area (Å²) in [6, 6.07) is 22.7. The molecule has 2 N–H and O–H groups in total. The number of hydrazine groups is 1. The molecule has 0 atom stereocenters. The Labute approximate surface area is 164 Å². The van der Waals surface area contributed by atoms with Crippen LogP contribution in [0.4, 0.5) is 11.4 Å². The number of benzene rings is 3. The highest BCUT2D eigenvalue weighted by Crippen LogP contribution is 2.35. The first-order valence-corrected chi connectivity index (χ1v) is 9.47. The molecule has 0 unspecified atom stereocenters. The first-order valence-electron chi connectivity index (χ1n) is 7.86. The summed E-state index contributed by atoms with van der Waals surface area (Å²) in [6.45, 7) is 0.471. The summed E-state index contributed by atoms with van der Waals surface area (Å²) in [4.78, 5) is 12.7. The number of nitro groups is 1. The van der Waals surface area contributed by atoms with Crippen LogP contribution in [0.1, 0.15) is 5.56 Å². The van der Waals surface area contributed by atoms with Crippen LogP contribution in [-0.4, -0.2) is 4.92 Å². The van der Waals surface area contributed by atoms with E-state index in [9.17, 15) is 10.1 Å². The molecule has 0 bridgehead atoms. The zero-order chi connectivity index (χ0) is 18.4. The minimum absolute atomic E-state index is 0.108. The molecule has 0 radical (unpaired) electrons. The van der Waals surface area contributed by atoms with Crippen molar-refractivity contribution < 1.29 is 4.92 Å². The normalized spacial score (nSPS) is 10.5. The largest absolute Gasteiger partial charge is 0.321 e. The molecule has 0 fully saturated rings. The fourth-order valence-corrected chi connectivity index (χ4v) is 3.47. The van der Waals surface area contributed by atoms with Crippen molar-refractivity contribution in [2.24, 2.45) is 0 Å². The predicted molar refractivity (Wildman–Crippen MR) is 108 cm³/mol. The lowest BCUT2D eigenvalue weighted by Crippen LogP contribution is -2.20. The average molecular weight is 430 g/mol. The Morgan fingerprint density at radius 3 is 2.42 bits per heavy atom. The molecular formula is C19H16BrN3O2S. The van der Waals surface area contributed by atoms with Gasteiger partial charge in [0.15, 0.2) is 0 Å². The summed E-state index contributed by atoms with van der Waals surface area (Å²) in [5.41, 5.74) is 8.02. The number of hydrogen-bond acceptors (Lipinski definition) is 5. The first-order chi connectivity index (χ1) is 12.6. The number of halogens is 1. The smallest absolute Gasteiger partial charge is 0.283 e. The maximum absolute atomic E-state index is 11.5. The Kier molecular flexibility index (Phi) is 6.27. The van der Waals surface area contributed by atoms with Gasteiger partial charge in [-0.2, -0.15) is 0 Å². The van der Waals surface area contributed by atoms with Crippen molar-refractivity contribution in [3.05, 3.63) is 92.9 Å². The first kappa shape index (κ1) is 18.4. The summed E-state index contributed by atoms with van der Waals surface area (Å²) in [5.74, 6) is 0. The van der Waals surface area contributed by atoms with E-state index in [4.69, 9.17) is 0 Å². The Balaban J connectivity index is 1.69. The zero-order valence-electron chi connectivity index (χ0n) is 13.7. The molecule has 7 heteroatoms. The Morgan fingerprint density at radius 1 is 1.00 bits per heavy atom. The van der Waals surface area contributed by atoms with Crippen LogP contribution in [0.15, 0.2) is 87.1 Å². The molecule has 26 heavy (non-hydrogen) atoms. The highest BCUT2D eigenvalue weighted by molar-refractivity contribution is 9.10. The molecule has 3 rings (SSSR count). The molecule has 0 saturated carbocycles. The van der Waals surface area contributed by atoms with Crippen molar-refractivity contribution in [2.75, 3.05) is 5.43 Å². The van der Waals surface area contributed by atoms with Gasteiger partial charge in [-0.3, -0.25) is 10.1 Å². The van der Waals surface area contributed by atoms with Gasteiger partial charge in [0.1, 0.15) is 0 Å². The summed E-state index contributed by atoms with van der Waals surface area (Å²) in [5, 5.41) is 11.5. The minimum atomic E-state index is -0.338. The quantitative estimate of drug-likeness (QED) is 0.376. The number of nitrogens with zero attached hydrogens (tertiary/aromatic N) is 1. The van der Waals surface area contributed by atoms with Gasteiger partial charge in [0.05, 0.1) is 9.82 Å². The van der Waals surface area contributed by atoms with Crippen molar-refractivity contribution in [3.63, 3.8) is 0 Å². The molecule has 0 heterocycles. The van der Waals surface area contributed by atoms with E-state index < -0.39 is 0 Å². The van der Waals surface area contributed by atoms with Gasteiger partial charge < -0.3 is 5.43 Å². The summed E-state index contributed by atoms with van der Waals surface area (Å²) < 4.78 is 0.976. The number of anilines is 1. The number of nitrogens with one attached hydrogen (secondary N) is 2. The van der Waals surface area contributed by atoms with Gasteiger partial charge in [-0.15, -0.1) is 0 Å². The van der Waals surface area contributed by atoms with E-state index in [1.165, 1.54) is 11.8 Å². The number of para-hydroxylation sites is 1. The van der Waals surface area contributed by atoms with Gasteiger partial charge >= 0.3 is 0 Å². The summed E-state index contributed by atoms with van der Waals surface area (Å²) in [7, 11) is 0. The molecule has 132 valence electrons. The molecule has 0 aromatic heterocycles. The van der Waals surface area contributed by atoms with Crippen LogP contribution in [0.5, 0.6) is 0 Å². The second-order valence-electron chi connectivity index (χ2n) is 5.46. The lowest BCUT2D eigenvalue weighted by molar-refractivity contribution is -0.387. The predicted octanol–water partition coefficient (Wildman–Crippen LogP) is 5.63. The number of nitro benzene ring substituents is 1. The van der Waals surface area contributed by atoms with Crippen LogP contribution in [-0.2, 0) is 6.54 Å². The van der Waals surface area contributed by atoms with Gasteiger partial charge in [-0.25, -0.2) is 5.43 Å². The number of hydrogen-bond donors (Lipinski definition) is 2. The lowest BCUT2D eigenvalue weighted by Gasteiger charge is -2.09. The van der Waals surface area contributed by atoms with Gasteiger partial charge in [0.25, 0.3) is 5.69 Å². The highest BCUT2D eigenvalue weighted by Gasteiger charge is 2.15. The van der Waals surface area contributed by atoms with Crippen molar-refractivity contribution in [3.8, 4) is 0 Å². The standard InChI is InChI=1S/C19H16BrN3O2S/c20-15-7-9-17(10-8-15)26-19-11-6-14(12-18(19)23(24)25)13-21-22-16-4-2-1-3-5-16/h1-12,21-22H,13H2. The van der Waals surface area contributed by atoms with Crippen LogP contribution < -0.4 is 10.9 Å². The lowest BCUT2D eigenvalue weighted by atomic mass is 10.2. The van der Waals surface area contributed by atoms with Crippen LogP contribution in [0.25, 0.3) is 0 Å². The van der Waals surface area contributed by atoms with E-state index in [0.717, 1.165) is 20.6 Å². The molecular weight excluding hydrogens is 414 g/mol. The van der Waals surface area contributed by atoms with E-state index in [0.29, 0.717) is 11.4 Å². The topological polar surface area (TPSA) is 67.2 Å². The fraction of sp³-hybridized carbons (Fsp3) is 0.0526. The second kappa shape index (κ2) is 8.84. The van der Waals surface area contributed by atoms with Crippen molar-refractivity contribution >= 4 is 39.1 Å². The monoisotopic (exact) mass is 429 g/mol. The minimum Gasteiger partial charge on any atom is -0.321 e. The molecule has 0 spiro atoms. The van der Waals surface area contributed by atoms with Crippen molar-refractivity contribution in [1.29, 1.82) is 0 Å². The van der Waals surface area contributed by atoms with E-state index in [1.54, 1.807) is 12.1 Å². The molecule has 0 aliphatic carbocycles. The van der Waals surface area contributed by atoms with Gasteiger partial charge in [-0.1, -0.05) is 52.0 Å². The maximum Gasteiger partial charge on any atom is 0.283 e. The molecule has 0 aliphatic heterocycles. The third kappa shape index (κ3) is 5.08. The third-order valence-corrected chi connectivity index (χ3v) is 5.16. The Morgan fingerprint density at radius 2 is 1.73 bits per heavy atom. The second-order valence-corrected chi connectivity index (χ2v) is 7.49. The molecule has 3 aromatic rings. The molecule has 0 saturated heterocycles. The SMILES string of the molecule is O=[N+]([O-])c1cc(CNNc2ccccc2)ccc1Sc1ccc(Br)cc1. The van der Waals surface area contributed by atoms with Gasteiger partial charge in [0, 0.05) is 27.7 Å². The van der Waals surface area contributed by atoms with Crippen LogP contribution in [0.2, 0.25) is 0 Å². The maximum atomic E-state index is 11.5. The molecule has 3 aromatic carbocycles. The third-order valence-electron chi connectivity index (χ3n) is 3.56. The average Bonchev–Trinajstić information content (AvgIpc) is 2.65. The fourth-order valence-electron chi connectivity index (χ4n) is 2.30. The summed E-state index contributed by atoms with van der Waals surface area (Å²) in [6.07, 6.45) is 0. The van der Waals surface area contributed by atoms with Crippen LogP contribution >= 0.6 is 27.7 Å². The van der Waals surface area contributed by atoms with E-state index in [-0.39, 0.29) is 10.6 Å². The van der Waals surface area contributed by atoms with E-state index in [2.05, 4.69) is 26.8 Å². The molecule has 5 nitrogen and oxygen atoms in total. The zero-order valence-corrected chi connectivity index (χ0v) is 16.1. The molecule has 0 amide bonds. The van der Waals surface area contributed by atoms with E-state index >= 15 is 0 Å². The van der Waals surface area contributed by atoms with Gasteiger partial charge in [-0.05, 0) is 48.0 Å². The molecule has 0 aliphatic rings. The number of rotatable bonds is 7. The van der Waals surface area contributed by atoms with E-state index in [1.807, 2.05) is 60.7 Å². The summed E-state index contributed by atoms with van der Waals surface area (Å²) >= 11 is 4.77. The van der Waals surface area contributed by atoms with Crippen LogP contribution in [0, 0.1) is 10.1 Å². The van der Waals surface area contributed by atoms with Crippen molar-refractivity contribution in [2.45, 2.75) is 16.3 Å². The van der Waals surface area contributed by atoms with Crippen molar-refractivity contribution in [1.82, 2.24) is 5.43 Å². The Hall–Kier alpha value is -2.35. The Bertz CT molecular complexity index is 889. The van der Waals surface area contributed by atoms with Gasteiger partial charge in [0.2, 0.25) is 0 Å². The van der Waals surface area contributed by atoms with Crippen LogP contribution in [0.3, 0.4) is 0 Å².